The van der Waals surface area contributed by atoms with Gasteiger partial charge in [0.05, 0.1) is 22.6 Å². The molecule has 1 aromatic carbocycles. The number of carbonyl (C=O) groups is 2. The van der Waals surface area contributed by atoms with Crippen LogP contribution in [-0.2, 0) is 17.8 Å². The Hall–Kier alpha value is -2.80. The van der Waals surface area contributed by atoms with Crippen LogP contribution < -0.4 is 10.1 Å². The lowest BCUT2D eigenvalue weighted by Gasteiger charge is -2.14. The van der Waals surface area contributed by atoms with Crippen molar-refractivity contribution in [3.8, 4) is 5.75 Å². The van der Waals surface area contributed by atoms with Gasteiger partial charge in [-0.1, -0.05) is 17.7 Å². The SMILES string of the molecule is O=C1N[C@H](C(=O)O)Cc2cn(cn2)C/C=C/COc2ccc1c(Cl)c2. The second kappa shape index (κ2) is 7.40. The maximum absolute atomic E-state index is 12.4. The van der Waals surface area contributed by atoms with Gasteiger partial charge in [-0.3, -0.25) is 4.79 Å². The van der Waals surface area contributed by atoms with Crippen molar-refractivity contribution in [3.63, 3.8) is 0 Å². The molecule has 2 aromatic rings. The lowest BCUT2D eigenvalue weighted by Crippen LogP contribution is -2.42. The fourth-order valence-electron chi connectivity index (χ4n) is 2.44. The number of ether oxygens (including phenoxy) is 1. The quantitative estimate of drug-likeness (QED) is 0.757. The first kappa shape index (κ1) is 17.0. The highest BCUT2D eigenvalue weighted by atomic mass is 35.5. The van der Waals surface area contributed by atoms with Crippen molar-refractivity contribution < 1.29 is 19.4 Å². The topological polar surface area (TPSA) is 93.5 Å². The van der Waals surface area contributed by atoms with Gasteiger partial charge in [0, 0.05) is 19.2 Å². The van der Waals surface area contributed by atoms with E-state index in [-0.39, 0.29) is 17.0 Å². The van der Waals surface area contributed by atoms with Crippen LogP contribution in [0.3, 0.4) is 0 Å². The summed E-state index contributed by atoms with van der Waals surface area (Å²) in [5.41, 5.74) is 0.763. The van der Waals surface area contributed by atoms with E-state index in [2.05, 4.69) is 10.3 Å². The summed E-state index contributed by atoms with van der Waals surface area (Å²) in [4.78, 5) is 28.0. The van der Waals surface area contributed by atoms with Gasteiger partial charge in [-0.2, -0.15) is 0 Å². The molecule has 4 bridgehead atoms. The van der Waals surface area contributed by atoms with E-state index in [9.17, 15) is 14.7 Å². The minimum absolute atomic E-state index is 0.0800. The Kier molecular flexibility index (Phi) is 5.04. The Labute approximate surface area is 148 Å². The molecule has 8 heteroatoms. The standard InChI is InChI=1S/C17H16ClN3O4/c18-14-8-12-3-4-13(14)16(22)20-15(17(23)24)7-11-9-21(10-19-11)5-1-2-6-25-12/h1-4,8-10,15H,5-7H2,(H,20,22)(H,23,24)/b2-1+/t15-/m0/s1. The third kappa shape index (κ3) is 4.19. The van der Waals surface area contributed by atoms with Gasteiger partial charge in [-0.15, -0.1) is 0 Å². The zero-order valence-electron chi connectivity index (χ0n) is 13.2. The summed E-state index contributed by atoms with van der Waals surface area (Å²) in [6.45, 7) is 0.949. The second-order valence-corrected chi connectivity index (χ2v) is 5.96. The molecule has 2 aliphatic heterocycles. The van der Waals surface area contributed by atoms with Gasteiger partial charge in [0.1, 0.15) is 18.4 Å². The van der Waals surface area contributed by atoms with Crippen molar-refractivity contribution in [2.24, 2.45) is 0 Å². The molecule has 25 heavy (non-hydrogen) atoms. The minimum Gasteiger partial charge on any atom is -0.489 e. The first-order chi connectivity index (χ1) is 12.0. The number of carboxylic acids is 1. The zero-order valence-corrected chi connectivity index (χ0v) is 13.9. The van der Waals surface area contributed by atoms with Crippen LogP contribution in [0.1, 0.15) is 16.1 Å². The first-order valence-electron chi connectivity index (χ1n) is 7.64. The van der Waals surface area contributed by atoms with Gasteiger partial charge in [-0.05, 0) is 24.3 Å². The first-order valence-corrected chi connectivity index (χ1v) is 8.02. The molecule has 2 aliphatic rings. The van der Waals surface area contributed by atoms with Crippen LogP contribution in [0.25, 0.3) is 0 Å². The molecule has 0 saturated carbocycles. The number of imidazole rings is 1. The fourth-order valence-corrected chi connectivity index (χ4v) is 2.69. The van der Waals surface area contributed by atoms with Crippen molar-refractivity contribution >= 4 is 23.5 Å². The highest BCUT2D eigenvalue weighted by Gasteiger charge is 2.23. The van der Waals surface area contributed by atoms with Gasteiger partial charge in [-0.25, -0.2) is 9.78 Å². The van der Waals surface area contributed by atoms with Crippen molar-refractivity contribution in [3.05, 3.63) is 59.2 Å². The molecule has 1 atom stereocenters. The van der Waals surface area contributed by atoms with Gasteiger partial charge in [0.15, 0.2) is 0 Å². The Morgan fingerprint density at radius 3 is 3.00 bits per heavy atom. The van der Waals surface area contributed by atoms with Crippen LogP contribution in [-0.4, -0.2) is 39.2 Å². The molecule has 1 aromatic heterocycles. The van der Waals surface area contributed by atoms with Gasteiger partial charge < -0.3 is 19.7 Å². The molecule has 1 amide bonds. The molecule has 0 radical (unpaired) electrons. The van der Waals surface area contributed by atoms with E-state index in [1.165, 1.54) is 12.1 Å². The van der Waals surface area contributed by atoms with Crippen LogP contribution in [0.15, 0.2) is 42.9 Å². The van der Waals surface area contributed by atoms with Crippen LogP contribution in [0, 0.1) is 0 Å². The monoisotopic (exact) mass is 361 g/mol. The Morgan fingerprint density at radius 2 is 2.24 bits per heavy atom. The Bertz CT molecular complexity index is 831. The molecule has 0 unspecified atom stereocenters. The number of carbonyl (C=O) groups excluding carboxylic acids is 1. The van der Waals surface area contributed by atoms with Crippen LogP contribution in [0.4, 0.5) is 0 Å². The van der Waals surface area contributed by atoms with E-state index in [1.54, 1.807) is 18.6 Å². The highest BCUT2D eigenvalue weighted by molar-refractivity contribution is 6.34. The largest absolute Gasteiger partial charge is 0.489 e. The van der Waals surface area contributed by atoms with E-state index in [4.69, 9.17) is 16.3 Å². The van der Waals surface area contributed by atoms with Gasteiger partial charge in [0.2, 0.25) is 0 Å². The number of hydrogen-bond donors (Lipinski definition) is 2. The number of aromatic nitrogens is 2. The smallest absolute Gasteiger partial charge is 0.326 e. The third-order valence-corrected chi connectivity index (χ3v) is 4.03. The molecular weight excluding hydrogens is 346 g/mol. The number of nitrogens with one attached hydrogen (secondary N) is 1. The number of allylic oxidation sites excluding steroid dienone is 1. The van der Waals surface area contributed by atoms with Crippen LogP contribution in [0.5, 0.6) is 5.75 Å². The summed E-state index contributed by atoms with van der Waals surface area (Å²) in [7, 11) is 0. The van der Waals surface area contributed by atoms with E-state index >= 15 is 0 Å². The van der Waals surface area contributed by atoms with Crippen LogP contribution >= 0.6 is 11.6 Å². The molecule has 7 nitrogen and oxygen atoms in total. The summed E-state index contributed by atoms with van der Waals surface area (Å²) in [5.74, 6) is -1.17. The summed E-state index contributed by atoms with van der Waals surface area (Å²) in [6, 6.07) is 3.56. The highest BCUT2D eigenvalue weighted by Crippen LogP contribution is 2.23. The average molecular weight is 362 g/mol. The summed E-state index contributed by atoms with van der Waals surface area (Å²) < 4.78 is 7.37. The molecule has 3 heterocycles. The van der Waals surface area contributed by atoms with Crippen molar-refractivity contribution in [1.29, 1.82) is 0 Å². The van der Waals surface area contributed by atoms with Gasteiger partial charge in [0.25, 0.3) is 5.91 Å². The predicted octanol–water partition coefficient (Wildman–Crippen LogP) is 1.91. The van der Waals surface area contributed by atoms with E-state index in [0.717, 1.165) is 0 Å². The molecule has 0 fully saturated rings. The lowest BCUT2D eigenvalue weighted by molar-refractivity contribution is -0.139. The number of amides is 1. The molecule has 0 spiro atoms. The van der Waals surface area contributed by atoms with Crippen molar-refractivity contribution in [2.45, 2.75) is 19.0 Å². The molecular formula is C17H16ClN3O4. The fraction of sp³-hybridized carbons (Fsp3) is 0.235. The van der Waals surface area contributed by atoms with Crippen molar-refractivity contribution in [1.82, 2.24) is 14.9 Å². The third-order valence-electron chi connectivity index (χ3n) is 3.72. The summed E-state index contributed by atoms with van der Waals surface area (Å²) >= 11 is 6.13. The minimum atomic E-state index is -1.14. The van der Waals surface area contributed by atoms with E-state index in [1.807, 2.05) is 16.7 Å². The maximum Gasteiger partial charge on any atom is 0.326 e. The number of halogens is 1. The summed E-state index contributed by atoms with van der Waals surface area (Å²) in [6.07, 6.45) is 7.23. The second-order valence-electron chi connectivity index (χ2n) is 5.55. The summed E-state index contributed by atoms with van der Waals surface area (Å²) in [5, 5.41) is 12.1. The zero-order chi connectivity index (χ0) is 17.8. The Morgan fingerprint density at radius 1 is 1.40 bits per heavy atom. The predicted molar refractivity (Wildman–Crippen MR) is 90.9 cm³/mol. The van der Waals surface area contributed by atoms with Crippen molar-refractivity contribution in [2.75, 3.05) is 6.61 Å². The maximum atomic E-state index is 12.4. The van der Waals surface area contributed by atoms with Crippen LogP contribution in [0.2, 0.25) is 5.02 Å². The molecule has 4 rings (SSSR count). The number of carboxylic acid groups (broad SMARTS) is 1. The number of fused-ring (bicyclic) bond motifs is 8. The number of benzene rings is 1. The number of aliphatic carboxylic acids is 1. The molecule has 130 valence electrons. The average Bonchev–Trinajstić information content (AvgIpc) is 3.00. The Balaban J connectivity index is 1.92. The number of nitrogens with zero attached hydrogens (tertiary/aromatic N) is 2. The number of hydrogen-bond acceptors (Lipinski definition) is 4. The number of rotatable bonds is 1. The lowest BCUT2D eigenvalue weighted by atomic mass is 10.1. The molecule has 2 N–H and O–H groups in total. The normalized spacial score (nSPS) is 19.1. The molecule has 0 saturated heterocycles. The van der Waals surface area contributed by atoms with E-state index < -0.39 is 17.9 Å². The van der Waals surface area contributed by atoms with Gasteiger partial charge >= 0.3 is 5.97 Å². The van der Waals surface area contributed by atoms with E-state index in [0.29, 0.717) is 24.6 Å². The molecule has 0 aliphatic carbocycles.